The molecule has 0 aliphatic rings. The fourth-order valence-corrected chi connectivity index (χ4v) is 5.82. The van der Waals surface area contributed by atoms with Crippen LogP contribution in [0.25, 0.3) is 0 Å². The first-order valence-corrected chi connectivity index (χ1v) is 14.7. The Morgan fingerprint density at radius 2 is 1.49 bits per heavy atom. The average molecular weight is 550 g/mol. The zero-order chi connectivity index (χ0) is 28.7. The molecule has 0 aliphatic heterocycles. The number of anilines is 1. The van der Waals surface area contributed by atoms with Crippen LogP contribution in [0.5, 0.6) is 0 Å². The van der Waals surface area contributed by atoms with E-state index in [9.17, 15) is 18.0 Å². The molecule has 0 saturated carbocycles. The Morgan fingerprint density at radius 3 is 2.08 bits per heavy atom. The zero-order valence-electron chi connectivity index (χ0n) is 23.6. The molecule has 3 aromatic rings. The molecule has 2 atom stereocenters. The molecular formula is C31H39N3O4S. The Morgan fingerprint density at radius 1 is 0.846 bits per heavy atom. The number of rotatable bonds is 11. The molecule has 7 nitrogen and oxygen atoms in total. The van der Waals surface area contributed by atoms with E-state index in [-0.39, 0.29) is 23.4 Å². The molecule has 1 N–H and O–H groups in total. The van der Waals surface area contributed by atoms with E-state index in [4.69, 9.17) is 0 Å². The van der Waals surface area contributed by atoms with Crippen molar-refractivity contribution in [1.82, 2.24) is 10.2 Å². The molecule has 0 radical (unpaired) electrons. The number of nitrogens with one attached hydrogen (secondary N) is 1. The maximum Gasteiger partial charge on any atom is 0.264 e. The van der Waals surface area contributed by atoms with Gasteiger partial charge >= 0.3 is 0 Å². The molecule has 3 aromatic carbocycles. The Labute approximate surface area is 232 Å². The van der Waals surface area contributed by atoms with E-state index < -0.39 is 28.5 Å². The molecule has 0 heterocycles. The van der Waals surface area contributed by atoms with Gasteiger partial charge in [0.25, 0.3) is 10.0 Å². The summed E-state index contributed by atoms with van der Waals surface area (Å²) >= 11 is 0. The van der Waals surface area contributed by atoms with Gasteiger partial charge < -0.3 is 10.2 Å². The van der Waals surface area contributed by atoms with Crippen molar-refractivity contribution in [2.75, 3.05) is 10.8 Å². The normalized spacial score (nSPS) is 12.9. The second kappa shape index (κ2) is 12.9. The van der Waals surface area contributed by atoms with Gasteiger partial charge in [-0.15, -0.1) is 0 Å². The minimum absolute atomic E-state index is 0.0545. The summed E-state index contributed by atoms with van der Waals surface area (Å²) in [5.74, 6) is -0.754. The van der Waals surface area contributed by atoms with E-state index in [0.717, 1.165) is 33.0 Å². The second-order valence-electron chi connectivity index (χ2n) is 10.2. The number of carbonyl (C=O) groups is 2. The van der Waals surface area contributed by atoms with Crippen molar-refractivity contribution in [3.63, 3.8) is 0 Å². The number of carbonyl (C=O) groups excluding carboxylic acids is 2. The summed E-state index contributed by atoms with van der Waals surface area (Å²) in [6, 6.07) is 20.4. The van der Waals surface area contributed by atoms with Crippen LogP contribution < -0.4 is 9.62 Å². The van der Waals surface area contributed by atoms with E-state index in [2.05, 4.69) is 5.32 Å². The molecule has 0 spiro atoms. The fourth-order valence-electron chi connectivity index (χ4n) is 4.40. The minimum atomic E-state index is -4.08. The first-order valence-electron chi connectivity index (χ1n) is 13.2. The van der Waals surface area contributed by atoms with Crippen molar-refractivity contribution in [2.45, 2.75) is 71.5 Å². The summed E-state index contributed by atoms with van der Waals surface area (Å²) in [6.07, 6.45) is 0.750. The lowest BCUT2D eigenvalue weighted by atomic mass is 10.1. The number of hydrogen-bond acceptors (Lipinski definition) is 4. The van der Waals surface area contributed by atoms with E-state index in [1.165, 1.54) is 17.0 Å². The number of amides is 2. The lowest BCUT2D eigenvalue weighted by molar-refractivity contribution is -0.139. The number of aryl methyl sites for hydroxylation is 3. The third-order valence-corrected chi connectivity index (χ3v) is 8.50. The molecule has 0 saturated heterocycles. The number of hydrogen-bond donors (Lipinski definition) is 1. The van der Waals surface area contributed by atoms with Crippen LogP contribution in [0.2, 0.25) is 0 Å². The van der Waals surface area contributed by atoms with Crippen molar-refractivity contribution in [3.8, 4) is 0 Å². The standard InChI is InChI=1S/C31H39N3O4S/c1-7-25(5)32-31(36)26(6)33(20-27-13-11-12-22(2)17-27)30(35)21-34(28-18-23(3)16-24(4)19-28)39(37,38)29-14-9-8-10-15-29/h8-19,25-26H,7,20-21H2,1-6H3,(H,32,36)/t25-,26-/m0/s1. The molecule has 3 rings (SSSR count). The zero-order valence-corrected chi connectivity index (χ0v) is 24.5. The summed E-state index contributed by atoms with van der Waals surface area (Å²) < 4.78 is 28.9. The predicted octanol–water partition coefficient (Wildman–Crippen LogP) is 5.14. The van der Waals surface area contributed by atoms with Gasteiger partial charge in [0, 0.05) is 12.6 Å². The number of nitrogens with zero attached hydrogens (tertiary/aromatic N) is 2. The Balaban J connectivity index is 2.05. The van der Waals surface area contributed by atoms with Gasteiger partial charge in [-0.05, 0) is 82.0 Å². The van der Waals surface area contributed by atoms with Gasteiger partial charge in [0.2, 0.25) is 11.8 Å². The van der Waals surface area contributed by atoms with Crippen LogP contribution in [0.1, 0.15) is 49.4 Å². The Hall–Kier alpha value is -3.65. The highest BCUT2D eigenvalue weighted by atomic mass is 32.2. The quantitative estimate of drug-likeness (QED) is 0.359. The SMILES string of the molecule is CC[C@H](C)NC(=O)[C@H](C)N(Cc1cccc(C)c1)C(=O)CN(c1cc(C)cc(C)c1)S(=O)(=O)c1ccccc1. The molecule has 0 fully saturated rings. The van der Waals surface area contributed by atoms with Crippen LogP contribution in [0.15, 0.2) is 77.7 Å². The van der Waals surface area contributed by atoms with Crippen molar-refractivity contribution in [3.05, 3.63) is 95.1 Å². The van der Waals surface area contributed by atoms with Crippen molar-refractivity contribution in [1.29, 1.82) is 0 Å². The minimum Gasteiger partial charge on any atom is -0.352 e. The van der Waals surface area contributed by atoms with Gasteiger partial charge in [-0.25, -0.2) is 8.42 Å². The van der Waals surface area contributed by atoms with E-state index in [0.29, 0.717) is 5.69 Å². The Bertz CT molecular complexity index is 1390. The average Bonchev–Trinajstić information content (AvgIpc) is 2.89. The largest absolute Gasteiger partial charge is 0.352 e. The van der Waals surface area contributed by atoms with Crippen LogP contribution in [0.4, 0.5) is 5.69 Å². The number of benzene rings is 3. The Kier molecular flexibility index (Phi) is 9.92. The van der Waals surface area contributed by atoms with Gasteiger partial charge in [-0.2, -0.15) is 0 Å². The highest BCUT2D eigenvalue weighted by molar-refractivity contribution is 7.92. The molecule has 0 aliphatic carbocycles. The van der Waals surface area contributed by atoms with Gasteiger partial charge in [0.1, 0.15) is 12.6 Å². The summed E-state index contributed by atoms with van der Waals surface area (Å²) in [4.78, 5) is 28.7. The molecule has 39 heavy (non-hydrogen) atoms. The van der Waals surface area contributed by atoms with Crippen LogP contribution in [0, 0.1) is 20.8 Å². The molecule has 0 aromatic heterocycles. The summed E-state index contributed by atoms with van der Waals surface area (Å²) in [5.41, 5.74) is 4.04. The van der Waals surface area contributed by atoms with Crippen molar-refractivity contribution in [2.24, 2.45) is 0 Å². The topological polar surface area (TPSA) is 86.8 Å². The monoisotopic (exact) mass is 549 g/mol. The maximum atomic E-state index is 14.0. The summed E-state index contributed by atoms with van der Waals surface area (Å²) in [5, 5.41) is 2.95. The molecule has 0 bridgehead atoms. The van der Waals surface area contributed by atoms with Crippen LogP contribution in [-0.4, -0.2) is 43.8 Å². The maximum absolute atomic E-state index is 14.0. The first-order chi connectivity index (χ1) is 18.4. The molecule has 208 valence electrons. The molecule has 8 heteroatoms. The lowest BCUT2D eigenvalue weighted by Gasteiger charge is -2.32. The van der Waals surface area contributed by atoms with Gasteiger partial charge in [-0.1, -0.05) is 61.0 Å². The van der Waals surface area contributed by atoms with Gasteiger partial charge in [0.05, 0.1) is 10.6 Å². The van der Waals surface area contributed by atoms with E-state index in [1.807, 2.05) is 65.0 Å². The highest BCUT2D eigenvalue weighted by Crippen LogP contribution is 2.26. The lowest BCUT2D eigenvalue weighted by Crippen LogP contribution is -2.52. The molecular weight excluding hydrogens is 510 g/mol. The third kappa shape index (κ3) is 7.69. The van der Waals surface area contributed by atoms with E-state index in [1.54, 1.807) is 37.3 Å². The second-order valence-corrected chi connectivity index (χ2v) is 12.0. The van der Waals surface area contributed by atoms with Crippen LogP contribution >= 0.6 is 0 Å². The molecule has 0 unspecified atom stereocenters. The highest BCUT2D eigenvalue weighted by Gasteiger charge is 2.33. The predicted molar refractivity (Wildman–Crippen MR) is 156 cm³/mol. The van der Waals surface area contributed by atoms with Crippen molar-refractivity contribution < 1.29 is 18.0 Å². The van der Waals surface area contributed by atoms with Gasteiger partial charge in [-0.3, -0.25) is 13.9 Å². The van der Waals surface area contributed by atoms with E-state index >= 15 is 0 Å². The van der Waals surface area contributed by atoms with Crippen LogP contribution in [-0.2, 0) is 26.2 Å². The first kappa shape index (κ1) is 29.9. The summed E-state index contributed by atoms with van der Waals surface area (Å²) in [6.45, 7) is 11.0. The van der Waals surface area contributed by atoms with Gasteiger partial charge in [0.15, 0.2) is 0 Å². The van der Waals surface area contributed by atoms with Crippen LogP contribution in [0.3, 0.4) is 0 Å². The van der Waals surface area contributed by atoms with Crippen molar-refractivity contribution >= 4 is 27.5 Å². The summed E-state index contributed by atoms with van der Waals surface area (Å²) in [7, 11) is -4.08. The molecule has 2 amide bonds. The number of sulfonamides is 1. The smallest absolute Gasteiger partial charge is 0.264 e. The third-order valence-electron chi connectivity index (χ3n) is 6.71. The fraction of sp³-hybridized carbons (Fsp3) is 0.355.